The number of amides is 1. The lowest BCUT2D eigenvalue weighted by Gasteiger charge is -2.09. The van der Waals surface area contributed by atoms with Gasteiger partial charge in [0.05, 0.1) is 22.8 Å². The molecule has 0 unspecified atom stereocenters. The lowest BCUT2D eigenvalue weighted by atomic mass is 10.1. The van der Waals surface area contributed by atoms with E-state index in [1.165, 1.54) is 6.07 Å². The lowest BCUT2D eigenvalue weighted by molar-refractivity contribution is 0.0488. The number of hydrogen-bond donors (Lipinski definition) is 1. The number of hydrogen-bond acceptors (Lipinski definition) is 3. The predicted octanol–water partition coefficient (Wildman–Crippen LogP) is 5.45. The van der Waals surface area contributed by atoms with E-state index in [1.807, 2.05) is 0 Å². The zero-order chi connectivity index (χ0) is 18.4. The van der Waals surface area contributed by atoms with Crippen LogP contribution in [0.4, 0.5) is 5.69 Å². The molecule has 0 bridgehead atoms. The van der Waals surface area contributed by atoms with E-state index in [1.54, 1.807) is 36.4 Å². The Bertz CT molecular complexity index is 758. The van der Waals surface area contributed by atoms with Crippen LogP contribution in [0.1, 0.15) is 41.0 Å². The highest BCUT2D eigenvalue weighted by Crippen LogP contribution is 2.22. The molecule has 0 aromatic heterocycles. The fourth-order valence-electron chi connectivity index (χ4n) is 2.03. The molecular formula is C19H19Cl2NO3. The van der Waals surface area contributed by atoms with E-state index in [4.69, 9.17) is 27.9 Å². The predicted molar refractivity (Wildman–Crippen MR) is 101 cm³/mol. The van der Waals surface area contributed by atoms with Crippen LogP contribution in [-0.4, -0.2) is 18.5 Å². The van der Waals surface area contributed by atoms with Crippen molar-refractivity contribution in [3.05, 3.63) is 63.6 Å². The Morgan fingerprint density at radius 2 is 1.76 bits per heavy atom. The van der Waals surface area contributed by atoms with E-state index < -0.39 is 0 Å². The summed E-state index contributed by atoms with van der Waals surface area (Å²) < 4.78 is 5.20. The summed E-state index contributed by atoms with van der Waals surface area (Å²) in [6.07, 6.45) is 0.821. The Balaban J connectivity index is 1.97. The smallest absolute Gasteiger partial charge is 0.338 e. The molecule has 0 fully saturated rings. The molecule has 1 amide bonds. The van der Waals surface area contributed by atoms with Crippen molar-refractivity contribution in [1.29, 1.82) is 0 Å². The van der Waals surface area contributed by atoms with Crippen molar-refractivity contribution in [2.75, 3.05) is 11.9 Å². The molecule has 0 heterocycles. The molecule has 2 aromatic rings. The minimum atomic E-state index is -0.376. The first kappa shape index (κ1) is 19.3. The number of carbonyl (C=O) groups excluding carboxylic acids is 2. The van der Waals surface area contributed by atoms with Crippen molar-refractivity contribution in [3.63, 3.8) is 0 Å². The second kappa shape index (κ2) is 8.88. The highest BCUT2D eigenvalue weighted by atomic mass is 35.5. The molecular weight excluding hydrogens is 361 g/mol. The summed E-state index contributed by atoms with van der Waals surface area (Å²) in [6, 6.07) is 11.2. The van der Waals surface area contributed by atoms with Crippen LogP contribution in [0.2, 0.25) is 10.0 Å². The molecule has 0 aliphatic rings. The average Bonchev–Trinajstić information content (AvgIpc) is 2.54. The summed E-state index contributed by atoms with van der Waals surface area (Å²) in [5, 5.41) is 3.46. The van der Waals surface area contributed by atoms with E-state index in [0.29, 0.717) is 34.4 Å². The van der Waals surface area contributed by atoms with Gasteiger partial charge in [-0.2, -0.15) is 0 Å². The highest BCUT2D eigenvalue weighted by molar-refractivity contribution is 6.37. The minimum Gasteiger partial charge on any atom is -0.462 e. The molecule has 6 heteroatoms. The van der Waals surface area contributed by atoms with Crippen LogP contribution in [0.15, 0.2) is 42.5 Å². The normalized spacial score (nSPS) is 10.6. The first-order valence-electron chi connectivity index (χ1n) is 7.90. The first-order chi connectivity index (χ1) is 11.9. The summed E-state index contributed by atoms with van der Waals surface area (Å²) in [5.41, 5.74) is 1.31. The van der Waals surface area contributed by atoms with Crippen molar-refractivity contribution in [2.45, 2.75) is 20.3 Å². The summed E-state index contributed by atoms with van der Waals surface area (Å²) in [4.78, 5) is 24.2. The fraction of sp³-hybridized carbons (Fsp3) is 0.263. The Morgan fingerprint density at radius 3 is 2.36 bits per heavy atom. The van der Waals surface area contributed by atoms with E-state index in [2.05, 4.69) is 19.2 Å². The number of esters is 1. The third-order valence-corrected chi connectivity index (χ3v) is 4.03. The van der Waals surface area contributed by atoms with Gasteiger partial charge in [0, 0.05) is 10.7 Å². The molecule has 0 radical (unpaired) electrons. The molecule has 0 aliphatic carbocycles. The number of rotatable bonds is 6. The maximum absolute atomic E-state index is 12.2. The molecule has 4 nitrogen and oxygen atoms in total. The second-order valence-electron chi connectivity index (χ2n) is 5.97. The van der Waals surface area contributed by atoms with Crippen LogP contribution in [0.25, 0.3) is 0 Å². The van der Waals surface area contributed by atoms with Gasteiger partial charge < -0.3 is 10.1 Å². The summed E-state index contributed by atoms with van der Waals surface area (Å²) >= 11 is 11.8. The van der Waals surface area contributed by atoms with Gasteiger partial charge in [0.1, 0.15) is 0 Å². The average molecular weight is 380 g/mol. The number of anilines is 1. The zero-order valence-corrected chi connectivity index (χ0v) is 15.5. The monoisotopic (exact) mass is 379 g/mol. The number of carbonyl (C=O) groups is 2. The number of nitrogens with one attached hydrogen (secondary N) is 1. The maximum Gasteiger partial charge on any atom is 0.338 e. The summed E-state index contributed by atoms with van der Waals surface area (Å²) in [6.45, 7) is 4.53. The zero-order valence-electron chi connectivity index (χ0n) is 14.0. The Morgan fingerprint density at radius 1 is 1.08 bits per heavy atom. The third kappa shape index (κ3) is 5.76. The molecule has 2 rings (SSSR count). The van der Waals surface area contributed by atoms with Crippen LogP contribution >= 0.6 is 23.2 Å². The molecule has 0 saturated carbocycles. The van der Waals surface area contributed by atoms with Gasteiger partial charge in [-0.3, -0.25) is 4.79 Å². The van der Waals surface area contributed by atoms with Crippen LogP contribution < -0.4 is 5.32 Å². The molecule has 25 heavy (non-hydrogen) atoms. The maximum atomic E-state index is 12.2. The summed E-state index contributed by atoms with van der Waals surface area (Å²) in [5.74, 6) is -0.252. The first-order valence-corrected chi connectivity index (χ1v) is 8.66. The molecule has 132 valence electrons. The third-order valence-electron chi connectivity index (χ3n) is 3.48. The van der Waals surface area contributed by atoms with Gasteiger partial charge in [0.2, 0.25) is 0 Å². The van der Waals surface area contributed by atoms with Crippen molar-refractivity contribution >= 4 is 40.8 Å². The van der Waals surface area contributed by atoms with Gasteiger partial charge in [-0.05, 0) is 54.8 Å². The van der Waals surface area contributed by atoms with Crippen molar-refractivity contribution in [2.24, 2.45) is 5.92 Å². The molecule has 0 saturated heterocycles. The molecule has 2 aromatic carbocycles. The van der Waals surface area contributed by atoms with Crippen molar-refractivity contribution in [3.8, 4) is 0 Å². The largest absolute Gasteiger partial charge is 0.462 e. The van der Waals surface area contributed by atoms with E-state index in [0.717, 1.165) is 6.42 Å². The van der Waals surface area contributed by atoms with Crippen LogP contribution in [-0.2, 0) is 4.74 Å². The molecule has 0 atom stereocenters. The van der Waals surface area contributed by atoms with Crippen LogP contribution in [0.3, 0.4) is 0 Å². The van der Waals surface area contributed by atoms with Gasteiger partial charge >= 0.3 is 5.97 Å². The van der Waals surface area contributed by atoms with Crippen LogP contribution in [0.5, 0.6) is 0 Å². The molecule has 0 aliphatic heterocycles. The van der Waals surface area contributed by atoms with Gasteiger partial charge in [0.25, 0.3) is 5.91 Å². The quantitative estimate of drug-likeness (QED) is 0.678. The molecule has 0 spiro atoms. The van der Waals surface area contributed by atoms with E-state index >= 15 is 0 Å². The lowest BCUT2D eigenvalue weighted by Crippen LogP contribution is -2.13. The van der Waals surface area contributed by atoms with E-state index in [-0.39, 0.29) is 16.9 Å². The van der Waals surface area contributed by atoms with Gasteiger partial charge in [-0.1, -0.05) is 37.0 Å². The Hall–Kier alpha value is -2.04. The second-order valence-corrected chi connectivity index (χ2v) is 6.82. The van der Waals surface area contributed by atoms with Gasteiger partial charge in [0.15, 0.2) is 0 Å². The van der Waals surface area contributed by atoms with E-state index in [9.17, 15) is 9.59 Å². The van der Waals surface area contributed by atoms with Crippen molar-refractivity contribution in [1.82, 2.24) is 0 Å². The minimum absolute atomic E-state index is 0.273. The standard InChI is InChI=1S/C19H19Cl2NO3/c1-12(2)9-10-25-19(24)13-3-6-15(7-4-13)22-18(23)16-8-5-14(20)11-17(16)21/h3-8,11-12H,9-10H2,1-2H3,(H,22,23). The topological polar surface area (TPSA) is 55.4 Å². The van der Waals surface area contributed by atoms with Crippen molar-refractivity contribution < 1.29 is 14.3 Å². The Kier molecular flexibility index (Phi) is 6.85. The Labute approximate surface area is 157 Å². The number of ether oxygens (including phenoxy) is 1. The molecule has 1 N–H and O–H groups in total. The highest BCUT2D eigenvalue weighted by Gasteiger charge is 2.12. The van der Waals surface area contributed by atoms with Crippen LogP contribution in [0, 0.1) is 5.92 Å². The van der Waals surface area contributed by atoms with Gasteiger partial charge in [-0.15, -0.1) is 0 Å². The number of benzene rings is 2. The van der Waals surface area contributed by atoms with Gasteiger partial charge in [-0.25, -0.2) is 4.79 Å². The SMILES string of the molecule is CC(C)CCOC(=O)c1ccc(NC(=O)c2ccc(Cl)cc2Cl)cc1. The summed E-state index contributed by atoms with van der Waals surface area (Å²) in [7, 11) is 0. The fourth-order valence-corrected chi connectivity index (χ4v) is 2.53. The number of halogens is 2.